The minimum Gasteiger partial charge on any atom is -0.468 e. The quantitative estimate of drug-likeness (QED) is 0.682. The van der Waals surface area contributed by atoms with E-state index in [0.29, 0.717) is 5.00 Å². The predicted octanol–water partition coefficient (Wildman–Crippen LogP) is 2.20. The van der Waals surface area contributed by atoms with E-state index in [1.54, 1.807) is 0 Å². The number of nitrogens with zero attached hydrogens (tertiary/aromatic N) is 1. The summed E-state index contributed by atoms with van der Waals surface area (Å²) >= 11 is 12.3. The van der Waals surface area contributed by atoms with Crippen LogP contribution in [0.2, 0.25) is 10.2 Å². The van der Waals surface area contributed by atoms with Gasteiger partial charge in [-0.3, -0.25) is 9.59 Å². The second-order valence-corrected chi connectivity index (χ2v) is 4.36. The van der Waals surface area contributed by atoms with Gasteiger partial charge in [-0.1, -0.05) is 23.2 Å². The molecule has 1 aromatic heterocycles. The van der Waals surface area contributed by atoms with E-state index < -0.39 is 17.8 Å². The van der Waals surface area contributed by atoms with Gasteiger partial charge in [0.05, 0.1) is 7.11 Å². The molecule has 0 radical (unpaired) electrons. The van der Waals surface area contributed by atoms with Crippen LogP contribution in [0.15, 0.2) is 0 Å². The largest absolute Gasteiger partial charge is 0.468 e. The van der Waals surface area contributed by atoms with Crippen molar-refractivity contribution in [2.75, 3.05) is 12.4 Å². The van der Waals surface area contributed by atoms with Crippen molar-refractivity contribution >= 4 is 51.6 Å². The smallest absolute Gasteiger partial charge is 0.317 e. The average Bonchev–Trinajstić information content (AvgIpc) is 2.58. The van der Waals surface area contributed by atoms with Gasteiger partial charge in [-0.05, 0) is 18.5 Å². The zero-order chi connectivity index (χ0) is 12.3. The molecular weight excluding hydrogens is 275 g/mol. The van der Waals surface area contributed by atoms with Crippen LogP contribution in [0.5, 0.6) is 0 Å². The Morgan fingerprint density at radius 3 is 2.56 bits per heavy atom. The Hall–Kier alpha value is -0.850. The van der Waals surface area contributed by atoms with E-state index in [1.807, 2.05) is 0 Å². The average molecular weight is 283 g/mol. The minimum atomic E-state index is -0.915. The summed E-state index contributed by atoms with van der Waals surface area (Å²) in [5.74, 6) is -2.06. The number of rotatable bonds is 3. The molecule has 0 saturated heterocycles. The Morgan fingerprint density at radius 1 is 1.50 bits per heavy atom. The van der Waals surface area contributed by atoms with Crippen LogP contribution in [0.1, 0.15) is 6.92 Å². The van der Waals surface area contributed by atoms with Crippen molar-refractivity contribution < 1.29 is 14.3 Å². The molecule has 0 spiro atoms. The standard InChI is InChI=1S/C8H8Cl2N2O3S/c1-3(8(14)15-2)6(13)11-7-4(9)5(10)12-16-7/h3H,1-2H3,(H,11,13). The highest BCUT2D eigenvalue weighted by atomic mass is 35.5. The van der Waals surface area contributed by atoms with E-state index in [9.17, 15) is 9.59 Å². The molecule has 8 heteroatoms. The fourth-order valence-electron chi connectivity index (χ4n) is 0.841. The van der Waals surface area contributed by atoms with Crippen LogP contribution in [0, 0.1) is 5.92 Å². The zero-order valence-electron chi connectivity index (χ0n) is 8.41. The normalized spacial score (nSPS) is 12.0. The molecule has 5 nitrogen and oxygen atoms in total. The summed E-state index contributed by atoms with van der Waals surface area (Å²) in [4.78, 5) is 22.6. The third-order valence-electron chi connectivity index (χ3n) is 1.78. The van der Waals surface area contributed by atoms with Crippen molar-refractivity contribution in [3.05, 3.63) is 10.2 Å². The molecule has 1 N–H and O–H groups in total. The number of nitrogens with one attached hydrogen (secondary N) is 1. The molecular formula is C8H8Cl2N2O3S. The number of aromatic nitrogens is 1. The van der Waals surface area contributed by atoms with Gasteiger partial charge in [0.25, 0.3) is 0 Å². The number of esters is 1. The lowest BCUT2D eigenvalue weighted by molar-refractivity contribution is -0.147. The summed E-state index contributed by atoms with van der Waals surface area (Å²) in [5.41, 5.74) is 0. The first kappa shape index (κ1) is 13.2. The van der Waals surface area contributed by atoms with Gasteiger partial charge in [-0.2, -0.15) is 4.37 Å². The summed E-state index contributed by atoms with van der Waals surface area (Å²) in [6, 6.07) is 0. The highest BCUT2D eigenvalue weighted by Crippen LogP contribution is 2.33. The third-order valence-corrected chi connectivity index (χ3v) is 3.50. The number of carbonyl (C=O) groups is 2. The van der Waals surface area contributed by atoms with Crippen molar-refractivity contribution in [2.24, 2.45) is 5.92 Å². The Kier molecular flexibility index (Phi) is 4.52. The van der Waals surface area contributed by atoms with Crippen LogP contribution in [0.3, 0.4) is 0 Å². The SMILES string of the molecule is COC(=O)C(C)C(=O)Nc1snc(Cl)c1Cl. The van der Waals surface area contributed by atoms with Gasteiger partial charge in [0, 0.05) is 0 Å². The lowest BCUT2D eigenvalue weighted by atomic mass is 10.2. The second kappa shape index (κ2) is 5.47. The van der Waals surface area contributed by atoms with E-state index in [0.717, 1.165) is 11.5 Å². The van der Waals surface area contributed by atoms with Crippen molar-refractivity contribution in [3.63, 3.8) is 0 Å². The Morgan fingerprint density at radius 2 is 2.12 bits per heavy atom. The summed E-state index contributed by atoms with van der Waals surface area (Å²) in [5, 5.41) is 3.04. The molecule has 16 heavy (non-hydrogen) atoms. The number of hydrogen-bond acceptors (Lipinski definition) is 5. The van der Waals surface area contributed by atoms with Gasteiger partial charge in [-0.15, -0.1) is 0 Å². The maximum atomic E-state index is 11.5. The van der Waals surface area contributed by atoms with Crippen LogP contribution in [-0.4, -0.2) is 23.4 Å². The molecule has 0 bridgehead atoms. The predicted molar refractivity (Wildman–Crippen MR) is 61.9 cm³/mol. The molecule has 0 aliphatic carbocycles. The number of ether oxygens (including phenoxy) is 1. The van der Waals surface area contributed by atoms with E-state index >= 15 is 0 Å². The molecule has 1 rings (SSSR count). The number of amides is 1. The molecule has 1 atom stereocenters. The molecule has 0 fully saturated rings. The monoisotopic (exact) mass is 282 g/mol. The molecule has 0 aliphatic heterocycles. The maximum Gasteiger partial charge on any atom is 0.317 e. The van der Waals surface area contributed by atoms with Gasteiger partial charge in [0.15, 0.2) is 5.15 Å². The fourth-order valence-corrected chi connectivity index (χ4v) is 1.92. The highest BCUT2D eigenvalue weighted by molar-refractivity contribution is 7.11. The molecule has 1 aromatic rings. The number of carbonyl (C=O) groups excluding carboxylic acids is 2. The topological polar surface area (TPSA) is 68.3 Å². The summed E-state index contributed by atoms with van der Waals surface area (Å²) in [7, 11) is 1.21. The van der Waals surface area contributed by atoms with Crippen molar-refractivity contribution in [3.8, 4) is 0 Å². The van der Waals surface area contributed by atoms with Crippen LogP contribution in [-0.2, 0) is 14.3 Å². The van der Waals surface area contributed by atoms with E-state index in [1.165, 1.54) is 14.0 Å². The minimum absolute atomic E-state index is 0.118. The Bertz CT molecular complexity index is 421. The lowest BCUT2D eigenvalue weighted by Crippen LogP contribution is -2.27. The van der Waals surface area contributed by atoms with Crippen LogP contribution in [0.25, 0.3) is 0 Å². The van der Waals surface area contributed by atoms with E-state index in [-0.39, 0.29) is 10.2 Å². The van der Waals surface area contributed by atoms with Gasteiger partial charge < -0.3 is 10.1 Å². The van der Waals surface area contributed by atoms with Crippen molar-refractivity contribution in [1.29, 1.82) is 0 Å². The molecule has 0 saturated carbocycles. The van der Waals surface area contributed by atoms with Crippen molar-refractivity contribution in [2.45, 2.75) is 6.92 Å². The van der Waals surface area contributed by atoms with Crippen LogP contribution >= 0.6 is 34.7 Å². The molecule has 1 amide bonds. The lowest BCUT2D eigenvalue weighted by Gasteiger charge is -2.08. The van der Waals surface area contributed by atoms with Gasteiger partial charge >= 0.3 is 5.97 Å². The fraction of sp³-hybridized carbons (Fsp3) is 0.375. The molecule has 1 heterocycles. The van der Waals surface area contributed by atoms with Crippen LogP contribution < -0.4 is 5.32 Å². The van der Waals surface area contributed by atoms with Gasteiger partial charge in [0.1, 0.15) is 15.9 Å². The number of anilines is 1. The van der Waals surface area contributed by atoms with E-state index in [4.69, 9.17) is 23.2 Å². The molecule has 1 unspecified atom stereocenters. The van der Waals surface area contributed by atoms with Gasteiger partial charge in [-0.25, -0.2) is 0 Å². The van der Waals surface area contributed by atoms with Gasteiger partial charge in [0.2, 0.25) is 5.91 Å². The second-order valence-electron chi connectivity index (χ2n) is 2.85. The highest BCUT2D eigenvalue weighted by Gasteiger charge is 2.23. The summed E-state index contributed by atoms with van der Waals surface area (Å²) in [6.07, 6.45) is 0. The summed E-state index contributed by atoms with van der Waals surface area (Å²) in [6.45, 7) is 1.43. The number of hydrogen-bond donors (Lipinski definition) is 1. The number of halogens is 2. The Balaban J connectivity index is 2.72. The molecule has 0 aromatic carbocycles. The third kappa shape index (κ3) is 2.84. The van der Waals surface area contributed by atoms with Crippen molar-refractivity contribution in [1.82, 2.24) is 4.37 Å². The maximum absolute atomic E-state index is 11.5. The molecule has 0 aliphatic rings. The first-order valence-corrected chi connectivity index (χ1v) is 5.69. The van der Waals surface area contributed by atoms with Crippen LogP contribution in [0.4, 0.5) is 5.00 Å². The summed E-state index contributed by atoms with van der Waals surface area (Å²) < 4.78 is 8.17. The number of methoxy groups -OCH3 is 1. The van der Waals surface area contributed by atoms with E-state index in [2.05, 4.69) is 14.4 Å². The first-order valence-electron chi connectivity index (χ1n) is 4.16. The zero-order valence-corrected chi connectivity index (χ0v) is 10.7. The first-order chi connectivity index (χ1) is 7.47. The molecule has 88 valence electrons. The Labute approximate surface area is 106 Å².